The van der Waals surface area contributed by atoms with Crippen LogP contribution in [-0.2, 0) is 9.47 Å². The van der Waals surface area contributed by atoms with Gasteiger partial charge in [0.2, 0.25) is 0 Å². The summed E-state index contributed by atoms with van der Waals surface area (Å²) < 4.78 is 10.2. The Balaban J connectivity index is 1.70. The van der Waals surface area contributed by atoms with Gasteiger partial charge in [-0.1, -0.05) is 0 Å². The SMILES string of the molecule is O=C(O)N1CC(OC(=O)N2CCOCC2)C1. The molecule has 2 amide bonds. The molecular weight excluding hydrogens is 216 g/mol. The maximum atomic E-state index is 11.6. The zero-order valence-electron chi connectivity index (χ0n) is 8.79. The van der Waals surface area contributed by atoms with Crippen LogP contribution in [0.1, 0.15) is 0 Å². The Morgan fingerprint density at radius 3 is 2.38 bits per heavy atom. The summed E-state index contributed by atoms with van der Waals surface area (Å²) in [6.07, 6.45) is -1.65. The zero-order chi connectivity index (χ0) is 11.5. The minimum atomic E-state index is -0.973. The van der Waals surface area contributed by atoms with E-state index in [1.807, 2.05) is 0 Å². The summed E-state index contributed by atoms with van der Waals surface area (Å²) in [7, 11) is 0. The minimum absolute atomic E-state index is 0.269. The van der Waals surface area contributed by atoms with Crippen molar-refractivity contribution in [1.82, 2.24) is 9.80 Å². The van der Waals surface area contributed by atoms with Crippen LogP contribution in [0.25, 0.3) is 0 Å². The third-order valence-corrected chi connectivity index (χ3v) is 2.66. The second-order valence-electron chi connectivity index (χ2n) is 3.79. The van der Waals surface area contributed by atoms with Crippen molar-refractivity contribution in [3.63, 3.8) is 0 Å². The number of morpholine rings is 1. The number of carbonyl (C=O) groups is 2. The van der Waals surface area contributed by atoms with Gasteiger partial charge in [-0.2, -0.15) is 0 Å². The number of nitrogens with zero attached hydrogens (tertiary/aromatic N) is 2. The standard InChI is InChI=1S/C9H14N2O5/c12-8(13)11-5-7(6-11)16-9(14)10-1-3-15-4-2-10/h7H,1-6H2,(H,12,13). The van der Waals surface area contributed by atoms with E-state index in [1.165, 1.54) is 4.90 Å². The van der Waals surface area contributed by atoms with Crippen molar-refractivity contribution in [1.29, 1.82) is 0 Å². The molecule has 0 unspecified atom stereocenters. The van der Waals surface area contributed by atoms with Gasteiger partial charge in [-0.15, -0.1) is 0 Å². The second kappa shape index (κ2) is 4.56. The van der Waals surface area contributed by atoms with Crippen molar-refractivity contribution in [2.75, 3.05) is 39.4 Å². The highest BCUT2D eigenvalue weighted by molar-refractivity contribution is 5.69. The third-order valence-electron chi connectivity index (χ3n) is 2.66. The van der Waals surface area contributed by atoms with Gasteiger partial charge in [0.1, 0.15) is 6.10 Å². The van der Waals surface area contributed by atoms with Crippen LogP contribution < -0.4 is 0 Å². The van der Waals surface area contributed by atoms with E-state index in [9.17, 15) is 9.59 Å². The largest absolute Gasteiger partial charge is 0.465 e. The number of hydrogen-bond acceptors (Lipinski definition) is 4. The Hall–Kier alpha value is -1.50. The van der Waals surface area contributed by atoms with Crippen molar-refractivity contribution < 1.29 is 24.2 Å². The molecule has 90 valence electrons. The Labute approximate surface area is 92.5 Å². The fourth-order valence-corrected chi connectivity index (χ4v) is 1.63. The molecule has 1 N–H and O–H groups in total. The first-order valence-electron chi connectivity index (χ1n) is 5.18. The van der Waals surface area contributed by atoms with Crippen LogP contribution in [0.3, 0.4) is 0 Å². The van der Waals surface area contributed by atoms with E-state index in [0.29, 0.717) is 26.3 Å². The van der Waals surface area contributed by atoms with Crippen molar-refractivity contribution >= 4 is 12.2 Å². The van der Waals surface area contributed by atoms with Crippen LogP contribution in [0.4, 0.5) is 9.59 Å². The first-order chi connectivity index (χ1) is 7.66. The van der Waals surface area contributed by atoms with Crippen LogP contribution >= 0.6 is 0 Å². The molecule has 16 heavy (non-hydrogen) atoms. The summed E-state index contributed by atoms with van der Waals surface area (Å²) >= 11 is 0. The third kappa shape index (κ3) is 2.35. The summed E-state index contributed by atoms with van der Waals surface area (Å²) in [5.41, 5.74) is 0. The fraction of sp³-hybridized carbons (Fsp3) is 0.778. The van der Waals surface area contributed by atoms with Crippen molar-refractivity contribution in [2.24, 2.45) is 0 Å². The van der Waals surface area contributed by atoms with Gasteiger partial charge in [-0.3, -0.25) is 0 Å². The highest BCUT2D eigenvalue weighted by Crippen LogP contribution is 2.13. The lowest BCUT2D eigenvalue weighted by molar-refractivity contribution is -0.0319. The normalized spacial score (nSPS) is 21.5. The molecule has 2 fully saturated rings. The van der Waals surface area contributed by atoms with E-state index in [0.717, 1.165) is 0 Å². The maximum absolute atomic E-state index is 11.6. The monoisotopic (exact) mass is 230 g/mol. The molecule has 0 saturated carbocycles. The lowest BCUT2D eigenvalue weighted by Gasteiger charge is -2.37. The Bertz CT molecular complexity index is 284. The van der Waals surface area contributed by atoms with Crippen LogP contribution in [0.2, 0.25) is 0 Å². The number of likely N-dealkylation sites (tertiary alicyclic amines) is 1. The molecule has 0 spiro atoms. The van der Waals surface area contributed by atoms with E-state index in [2.05, 4.69) is 0 Å². The molecule has 7 heteroatoms. The van der Waals surface area contributed by atoms with Crippen LogP contribution in [-0.4, -0.2) is 72.6 Å². The van der Waals surface area contributed by atoms with Gasteiger partial charge in [-0.05, 0) is 0 Å². The van der Waals surface area contributed by atoms with Gasteiger partial charge >= 0.3 is 12.2 Å². The second-order valence-corrected chi connectivity index (χ2v) is 3.79. The molecule has 7 nitrogen and oxygen atoms in total. The van der Waals surface area contributed by atoms with Gasteiger partial charge in [0, 0.05) is 13.1 Å². The van der Waals surface area contributed by atoms with Gasteiger partial charge < -0.3 is 24.4 Å². The average Bonchev–Trinajstić information content (AvgIpc) is 2.23. The first kappa shape index (κ1) is 11.0. The van der Waals surface area contributed by atoms with Crippen molar-refractivity contribution in [3.8, 4) is 0 Å². The van der Waals surface area contributed by atoms with Crippen molar-refractivity contribution in [3.05, 3.63) is 0 Å². The smallest absolute Gasteiger partial charge is 0.410 e. The minimum Gasteiger partial charge on any atom is -0.465 e. The number of hydrogen-bond donors (Lipinski definition) is 1. The predicted molar refractivity (Wildman–Crippen MR) is 52.3 cm³/mol. The highest BCUT2D eigenvalue weighted by Gasteiger charge is 2.34. The molecule has 0 aromatic heterocycles. The van der Waals surface area contributed by atoms with E-state index in [1.54, 1.807) is 4.90 Å². The lowest BCUT2D eigenvalue weighted by atomic mass is 10.2. The molecule has 2 aliphatic rings. The van der Waals surface area contributed by atoms with E-state index in [4.69, 9.17) is 14.6 Å². The zero-order valence-corrected chi connectivity index (χ0v) is 8.79. The molecule has 2 aliphatic heterocycles. The topological polar surface area (TPSA) is 79.3 Å². The van der Waals surface area contributed by atoms with E-state index in [-0.39, 0.29) is 25.3 Å². The van der Waals surface area contributed by atoms with Crippen molar-refractivity contribution in [2.45, 2.75) is 6.10 Å². The molecule has 0 aliphatic carbocycles. The van der Waals surface area contributed by atoms with Crippen LogP contribution in [0, 0.1) is 0 Å². The highest BCUT2D eigenvalue weighted by atomic mass is 16.6. The molecule has 0 atom stereocenters. The molecule has 2 saturated heterocycles. The number of amides is 2. The molecule has 0 bridgehead atoms. The molecule has 0 radical (unpaired) electrons. The molecule has 0 aromatic carbocycles. The number of rotatable bonds is 1. The summed E-state index contributed by atoms with van der Waals surface area (Å²) in [4.78, 5) is 24.8. The Kier molecular flexibility index (Phi) is 3.14. The van der Waals surface area contributed by atoms with Gasteiger partial charge in [-0.25, -0.2) is 9.59 Å². The molecular formula is C9H14N2O5. The summed E-state index contributed by atoms with van der Waals surface area (Å²) in [5.74, 6) is 0. The Morgan fingerprint density at radius 2 is 1.81 bits per heavy atom. The maximum Gasteiger partial charge on any atom is 0.410 e. The first-order valence-corrected chi connectivity index (χ1v) is 5.18. The van der Waals surface area contributed by atoms with E-state index >= 15 is 0 Å². The Morgan fingerprint density at radius 1 is 1.19 bits per heavy atom. The molecule has 0 aromatic rings. The lowest BCUT2D eigenvalue weighted by Crippen LogP contribution is -2.56. The van der Waals surface area contributed by atoms with Crippen LogP contribution in [0.5, 0.6) is 0 Å². The molecule has 2 rings (SSSR count). The fourth-order valence-electron chi connectivity index (χ4n) is 1.63. The van der Waals surface area contributed by atoms with Gasteiger partial charge in [0.05, 0.1) is 26.3 Å². The summed E-state index contributed by atoms with van der Waals surface area (Å²) in [6, 6.07) is 0. The summed E-state index contributed by atoms with van der Waals surface area (Å²) in [5, 5.41) is 8.59. The van der Waals surface area contributed by atoms with Crippen LogP contribution in [0.15, 0.2) is 0 Å². The predicted octanol–water partition coefficient (Wildman–Crippen LogP) is -0.183. The molecule has 2 heterocycles. The number of ether oxygens (including phenoxy) is 2. The van der Waals surface area contributed by atoms with E-state index < -0.39 is 6.09 Å². The van der Waals surface area contributed by atoms with Gasteiger partial charge in [0.15, 0.2) is 0 Å². The average molecular weight is 230 g/mol. The van der Waals surface area contributed by atoms with Gasteiger partial charge in [0.25, 0.3) is 0 Å². The summed E-state index contributed by atoms with van der Waals surface area (Å²) in [6.45, 7) is 2.67. The number of carboxylic acid groups (broad SMARTS) is 1. The number of carbonyl (C=O) groups excluding carboxylic acids is 1. The quantitative estimate of drug-likeness (QED) is 0.675.